The Balaban J connectivity index is 1.77. The predicted octanol–water partition coefficient (Wildman–Crippen LogP) is 6.13. The molecule has 0 fully saturated rings. The predicted molar refractivity (Wildman–Crippen MR) is 137 cm³/mol. The molecule has 5 rings (SSSR count). The number of carbonyl (C=O) groups excluding carboxylic acids is 1. The van der Waals surface area contributed by atoms with Crippen molar-refractivity contribution in [2.24, 2.45) is 5.41 Å². The zero-order chi connectivity index (χ0) is 24.9. The summed E-state index contributed by atoms with van der Waals surface area (Å²) in [4.78, 5) is 43.8. The van der Waals surface area contributed by atoms with Crippen LogP contribution < -0.4 is 5.56 Å². The highest BCUT2D eigenvalue weighted by atomic mass is 35.5. The van der Waals surface area contributed by atoms with E-state index in [1.165, 1.54) is 22.0 Å². The number of halogens is 1. The van der Waals surface area contributed by atoms with Gasteiger partial charge in [-0.3, -0.25) is 14.2 Å². The van der Waals surface area contributed by atoms with Crippen LogP contribution in [0.1, 0.15) is 46.7 Å². The molecule has 1 aliphatic carbocycles. The Morgan fingerprint density at radius 1 is 1.06 bits per heavy atom. The van der Waals surface area contributed by atoms with E-state index in [9.17, 15) is 19.5 Å². The highest BCUT2D eigenvalue weighted by Crippen LogP contribution is 2.37. The molecule has 1 aliphatic rings. The SMILES string of the molecule is CC1(C)CC(=O)c2cc(-c3nc(-c4ccc(Cl)cc4)cs3)c(=O)n(-c3ccccc3C(=O)O)c2C1. The molecular formula is C27H21ClN2O4S. The van der Waals surface area contributed by atoms with Crippen LogP contribution in [0.4, 0.5) is 0 Å². The number of Topliss-reactive ketones (excluding diaryl/α,β-unsaturated/α-hetero) is 1. The van der Waals surface area contributed by atoms with E-state index < -0.39 is 11.5 Å². The number of aromatic carboxylic acids is 1. The molecule has 8 heteroatoms. The second kappa shape index (κ2) is 8.59. The molecule has 2 aromatic heterocycles. The minimum Gasteiger partial charge on any atom is -0.478 e. The number of nitrogens with zero attached hydrogens (tertiary/aromatic N) is 2. The molecule has 0 atom stereocenters. The van der Waals surface area contributed by atoms with Gasteiger partial charge in [0.05, 0.1) is 22.5 Å². The van der Waals surface area contributed by atoms with Gasteiger partial charge in [-0.25, -0.2) is 9.78 Å². The summed E-state index contributed by atoms with van der Waals surface area (Å²) in [6.07, 6.45) is 0.803. The van der Waals surface area contributed by atoms with Gasteiger partial charge in [-0.05, 0) is 42.2 Å². The number of carbonyl (C=O) groups is 2. The second-order valence-corrected chi connectivity index (χ2v) is 10.7. The molecule has 176 valence electrons. The van der Waals surface area contributed by atoms with E-state index in [1.807, 2.05) is 31.4 Å². The summed E-state index contributed by atoms with van der Waals surface area (Å²) < 4.78 is 1.40. The van der Waals surface area contributed by atoms with Gasteiger partial charge in [-0.2, -0.15) is 0 Å². The molecule has 2 aromatic carbocycles. The zero-order valence-corrected chi connectivity index (χ0v) is 20.6. The molecule has 6 nitrogen and oxygen atoms in total. The van der Waals surface area contributed by atoms with Crippen molar-refractivity contribution in [3.05, 3.63) is 92.2 Å². The van der Waals surface area contributed by atoms with Gasteiger partial charge in [0.1, 0.15) is 5.01 Å². The van der Waals surface area contributed by atoms with Gasteiger partial charge in [-0.1, -0.05) is 49.7 Å². The lowest BCUT2D eigenvalue weighted by Crippen LogP contribution is -2.35. The fourth-order valence-electron chi connectivity index (χ4n) is 4.52. The number of ketones is 1. The Morgan fingerprint density at radius 3 is 2.49 bits per heavy atom. The summed E-state index contributed by atoms with van der Waals surface area (Å²) in [5.41, 5.74) is 2.23. The molecule has 0 saturated carbocycles. The summed E-state index contributed by atoms with van der Waals surface area (Å²) >= 11 is 7.29. The van der Waals surface area contributed by atoms with Crippen LogP contribution in [0.3, 0.4) is 0 Å². The van der Waals surface area contributed by atoms with E-state index in [2.05, 4.69) is 4.98 Å². The largest absolute Gasteiger partial charge is 0.478 e. The Bertz CT molecular complexity index is 1550. The monoisotopic (exact) mass is 504 g/mol. The van der Waals surface area contributed by atoms with Gasteiger partial charge >= 0.3 is 5.97 Å². The highest BCUT2D eigenvalue weighted by molar-refractivity contribution is 7.13. The smallest absolute Gasteiger partial charge is 0.337 e. The first-order valence-corrected chi connectivity index (χ1v) is 12.3. The summed E-state index contributed by atoms with van der Waals surface area (Å²) in [7, 11) is 0. The van der Waals surface area contributed by atoms with E-state index in [-0.39, 0.29) is 28.0 Å². The lowest BCUT2D eigenvalue weighted by Gasteiger charge is -2.32. The second-order valence-electron chi connectivity index (χ2n) is 9.37. The number of hydrogen-bond acceptors (Lipinski definition) is 5. The van der Waals surface area contributed by atoms with Crippen molar-refractivity contribution in [2.75, 3.05) is 0 Å². The van der Waals surface area contributed by atoms with Gasteiger partial charge < -0.3 is 5.11 Å². The van der Waals surface area contributed by atoms with Crippen molar-refractivity contribution < 1.29 is 14.7 Å². The van der Waals surface area contributed by atoms with E-state index >= 15 is 0 Å². The normalized spacial score (nSPS) is 14.5. The summed E-state index contributed by atoms with van der Waals surface area (Å²) in [5, 5.41) is 12.7. The summed E-state index contributed by atoms with van der Waals surface area (Å²) in [5.74, 6) is -1.22. The molecule has 0 aliphatic heterocycles. The molecule has 0 unspecified atom stereocenters. The van der Waals surface area contributed by atoms with Gasteiger partial charge in [0.25, 0.3) is 5.56 Å². The number of hydrogen-bond donors (Lipinski definition) is 1. The maximum atomic E-state index is 13.9. The number of aromatic nitrogens is 2. The van der Waals surface area contributed by atoms with Crippen molar-refractivity contribution in [1.82, 2.24) is 9.55 Å². The molecule has 0 spiro atoms. The van der Waals surface area contributed by atoms with Gasteiger partial charge in [-0.15, -0.1) is 11.3 Å². The van der Waals surface area contributed by atoms with Crippen LogP contribution in [0.15, 0.2) is 64.8 Å². The minimum atomic E-state index is -1.15. The number of benzene rings is 2. The Hall–Kier alpha value is -3.55. The number of carboxylic acid groups (broad SMARTS) is 1. The maximum Gasteiger partial charge on any atom is 0.337 e. The number of para-hydroxylation sites is 1. The lowest BCUT2D eigenvalue weighted by molar-refractivity contribution is 0.0696. The van der Waals surface area contributed by atoms with E-state index in [0.29, 0.717) is 39.8 Å². The van der Waals surface area contributed by atoms with Gasteiger partial charge in [0.2, 0.25) is 0 Å². The molecule has 0 bridgehead atoms. The fourth-order valence-corrected chi connectivity index (χ4v) is 5.48. The van der Waals surface area contributed by atoms with Crippen LogP contribution in [0.5, 0.6) is 0 Å². The average molecular weight is 505 g/mol. The van der Waals surface area contributed by atoms with Crippen molar-refractivity contribution >= 4 is 34.7 Å². The van der Waals surface area contributed by atoms with E-state index in [4.69, 9.17) is 11.6 Å². The van der Waals surface area contributed by atoms with Gasteiger partial charge in [0, 0.05) is 33.6 Å². The molecular weight excluding hydrogens is 484 g/mol. The number of thiazole rings is 1. The third-order valence-corrected chi connectivity index (χ3v) is 7.27. The summed E-state index contributed by atoms with van der Waals surface area (Å²) in [6.45, 7) is 3.94. The zero-order valence-electron chi connectivity index (χ0n) is 19.0. The molecule has 0 amide bonds. The Labute approximate surface area is 210 Å². The molecule has 2 heterocycles. The number of rotatable bonds is 4. The highest BCUT2D eigenvalue weighted by Gasteiger charge is 2.35. The first kappa shape index (κ1) is 23.2. The molecule has 1 N–H and O–H groups in total. The molecule has 4 aromatic rings. The minimum absolute atomic E-state index is 0.00855. The Kier molecular flexibility index (Phi) is 5.69. The Morgan fingerprint density at radius 2 is 1.77 bits per heavy atom. The van der Waals surface area contributed by atoms with Crippen LogP contribution in [0, 0.1) is 5.41 Å². The number of carboxylic acids is 1. The quantitative estimate of drug-likeness (QED) is 0.361. The topological polar surface area (TPSA) is 89.3 Å². The van der Waals surface area contributed by atoms with Crippen LogP contribution in [-0.4, -0.2) is 26.4 Å². The third kappa shape index (κ3) is 4.22. The fraction of sp³-hybridized carbons (Fsp3) is 0.185. The number of fused-ring (bicyclic) bond motifs is 1. The van der Waals surface area contributed by atoms with E-state index in [0.717, 1.165) is 5.56 Å². The first-order chi connectivity index (χ1) is 16.6. The third-order valence-electron chi connectivity index (χ3n) is 6.14. The summed E-state index contributed by atoms with van der Waals surface area (Å²) in [6, 6.07) is 15.2. The number of pyridine rings is 1. The van der Waals surface area contributed by atoms with Crippen molar-refractivity contribution in [2.45, 2.75) is 26.7 Å². The van der Waals surface area contributed by atoms with Crippen molar-refractivity contribution in [1.29, 1.82) is 0 Å². The lowest BCUT2D eigenvalue weighted by atomic mass is 9.75. The first-order valence-electron chi connectivity index (χ1n) is 11.0. The molecule has 35 heavy (non-hydrogen) atoms. The van der Waals surface area contributed by atoms with Gasteiger partial charge in [0.15, 0.2) is 5.78 Å². The van der Waals surface area contributed by atoms with E-state index in [1.54, 1.807) is 36.4 Å². The molecule has 0 radical (unpaired) electrons. The standard InChI is InChI=1S/C27H21ClN2O4S/c1-27(2)12-22-18(23(31)13-27)11-19(24-29-20(14-35-24)15-7-9-16(28)10-8-15)25(32)30(22)21-6-4-3-5-17(21)26(33)34/h3-11,14H,12-13H2,1-2H3,(H,33,34). The van der Waals surface area contributed by atoms with Crippen LogP contribution >= 0.6 is 22.9 Å². The van der Waals surface area contributed by atoms with Crippen LogP contribution in [0.25, 0.3) is 27.5 Å². The average Bonchev–Trinajstić information content (AvgIpc) is 3.28. The van der Waals surface area contributed by atoms with Crippen LogP contribution in [0.2, 0.25) is 5.02 Å². The van der Waals surface area contributed by atoms with Crippen molar-refractivity contribution in [3.63, 3.8) is 0 Å². The van der Waals surface area contributed by atoms with Crippen molar-refractivity contribution in [3.8, 4) is 27.5 Å². The van der Waals surface area contributed by atoms with Crippen LogP contribution in [-0.2, 0) is 6.42 Å². The molecule has 0 saturated heterocycles. The maximum absolute atomic E-state index is 13.9.